The van der Waals surface area contributed by atoms with Crippen LogP contribution in [0.3, 0.4) is 0 Å². The zero-order valence-corrected chi connectivity index (χ0v) is 19.2. The molecule has 0 bridgehead atoms. The number of fused-ring (bicyclic) bond motifs is 1. The minimum atomic E-state index is -0.250. The summed E-state index contributed by atoms with van der Waals surface area (Å²) in [5, 5.41) is 27.6. The van der Waals surface area contributed by atoms with Crippen LogP contribution in [0.15, 0.2) is 30.5 Å². The summed E-state index contributed by atoms with van der Waals surface area (Å²) in [6, 6.07) is 6.99. The maximum absolute atomic E-state index is 12.9. The van der Waals surface area contributed by atoms with Crippen LogP contribution in [0.5, 0.6) is 5.75 Å². The molecule has 0 saturated carbocycles. The molecule has 2 aromatic rings. The van der Waals surface area contributed by atoms with Gasteiger partial charge in [0.1, 0.15) is 5.75 Å². The Labute approximate surface area is 189 Å². The van der Waals surface area contributed by atoms with E-state index in [9.17, 15) is 15.0 Å². The molecule has 1 aliphatic heterocycles. The Bertz CT molecular complexity index is 874. The van der Waals surface area contributed by atoms with Crippen molar-refractivity contribution in [2.75, 3.05) is 26.7 Å². The predicted octanol–water partition coefficient (Wildman–Crippen LogP) is 1.64. The Hall–Kier alpha value is -2.49. The number of aliphatic hydroxyl groups excluding tert-OH is 1. The number of aryl methyl sites for hydroxylation is 1. The molecule has 9 heteroatoms. The van der Waals surface area contributed by atoms with Gasteiger partial charge in [-0.05, 0) is 38.1 Å². The van der Waals surface area contributed by atoms with Gasteiger partial charge >= 0.3 is 0 Å². The first kappa shape index (κ1) is 24.2. The highest BCUT2D eigenvalue weighted by atomic mass is 16.5. The van der Waals surface area contributed by atoms with E-state index in [2.05, 4.69) is 22.1 Å². The Morgan fingerprint density at radius 3 is 2.94 bits per heavy atom. The lowest BCUT2D eigenvalue weighted by Gasteiger charge is -2.35. The highest BCUT2D eigenvalue weighted by molar-refractivity contribution is 5.76. The first-order chi connectivity index (χ1) is 15.4. The zero-order chi connectivity index (χ0) is 23.1. The molecule has 2 N–H and O–H groups in total. The van der Waals surface area contributed by atoms with Crippen LogP contribution in [0.25, 0.3) is 0 Å². The second-order valence-corrected chi connectivity index (χ2v) is 8.82. The van der Waals surface area contributed by atoms with Gasteiger partial charge in [0.2, 0.25) is 5.91 Å². The normalized spacial score (nSPS) is 21.7. The fraction of sp³-hybridized carbons (Fsp3) is 0.609. The number of hydrogen-bond acceptors (Lipinski definition) is 7. The summed E-state index contributed by atoms with van der Waals surface area (Å²) in [7, 11) is 2.02. The minimum Gasteiger partial charge on any atom is -0.508 e. The molecule has 9 nitrogen and oxygen atoms in total. The topological polar surface area (TPSA) is 104 Å². The van der Waals surface area contributed by atoms with Crippen LogP contribution < -0.4 is 0 Å². The third kappa shape index (κ3) is 6.51. The van der Waals surface area contributed by atoms with Crippen molar-refractivity contribution in [2.24, 2.45) is 5.92 Å². The summed E-state index contributed by atoms with van der Waals surface area (Å²) in [5.74, 6) is 0.329. The number of carbonyl (C=O) groups excluding carboxylic acids is 1. The van der Waals surface area contributed by atoms with Crippen molar-refractivity contribution >= 4 is 5.91 Å². The fourth-order valence-electron chi connectivity index (χ4n) is 4.08. The standard InChI is InChI=1S/C23H35N5O4/c1-17-12-27(18(2)15-29)23(31)8-5-9-28-20(11-24-25-28)16-32-22(17)14-26(3)13-19-6-4-7-21(30)10-19/h4,6-7,10-11,17-18,22,29-30H,5,8-9,12-16H2,1-3H3/t17-,18+,22+/m1/s1. The molecule has 1 aromatic heterocycles. The number of amides is 1. The van der Waals surface area contributed by atoms with E-state index in [4.69, 9.17) is 4.74 Å². The van der Waals surface area contributed by atoms with Gasteiger partial charge in [-0.15, -0.1) is 5.10 Å². The lowest BCUT2D eigenvalue weighted by atomic mass is 10.0. The molecule has 1 aliphatic rings. The highest BCUT2D eigenvalue weighted by Crippen LogP contribution is 2.19. The number of phenolic OH excluding ortho intramolecular Hbond substituents is 1. The zero-order valence-electron chi connectivity index (χ0n) is 19.2. The predicted molar refractivity (Wildman–Crippen MR) is 120 cm³/mol. The van der Waals surface area contributed by atoms with Crippen molar-refractivity contribution < 1.29 is 19.7 Å². The monoisotopic (exact) mass is 445 g/mol. The quantitative estimate of drug-likeness (QED) is 0.697. The molecule has 0 aliphatic carbocycles. The van der Waals surface area contributed by atoms with Crippen LogP contribution in [-0.4, -0.2) is 79.8 Å². The molecular weight excluding hydrogens is 410 g/mol. The molecule has 0 saturated heterocycles. The van der Waals surface area contributed by atoms with Crippen LogP contribution in [0.2, 0.25) is 0 Å². The van der Waals surface area contributed by atoms with Gasteiger partial charge in [0.15, 0.2) is 0 Å². The van der Waals surface area contributed by atoms with Crippen LogP contribution >= 0.6 is 0 Å². The number of nitrogens with zero attached hydrogens (tertiary/aromatic N) is 5. The third-order valence-corrected chi connectivity index (χ3v) is 5.99. The summed E-state index contributed by atoms with van der Waals surface area (Å²) < 4.78 is 8.15. The number of ether oxygens (including phenoxy) is 1. The Balaban J connectivity index is 1.77. The fourth-order valence-corrected chi connectivity index (χ4v) is 4.08. The second-order valence-electron chi connectivity index (χ2n) is 8.82. The lowest BCUT2D eigenvalue weighted by Crippen LogP contribution is -2.47. The van der Waals surface area contributed by atoms with Crippen molar-refractivity contribution in [2.45, 2.75) is 58.5 Å². The largest absolute Gasteiger partial charge is 0.508 e. The van der Waals surface area contributed by atoms with Gasteiger partial charge in [0, 0.05) is 38.5 Å². The molecule has 0 radical (unpaired) electrons. The van der Waals surface area contributed by atoms with Crippen LogP contribution in [-0.2, 0) is 29.2 Å². The van der Waals surface area contributed by atoms with E-state index in [-0.39, 0.29) is 36.3 Å². The van der Waals surface area contributed by atoms with Gasteiger partial charge in [-0.25, -0.2) is 4.68 Å². The number of rotatable bonds is 6. The maximum atomic E-state index is 12.9. The van der Waals surface area contributed by atoms with E-state index < -0.39 is 0 Å². The van der Waals surface area contributed by atoms with Crippen molar-refractivity contribution in [3.05, 3.63) is 41.7 Å². The smallest absolute Gasteiger partial charge is 0.222 e. The molecule has 0 spiro atoms. The van der Waals surface area contributed by atoms with E-state index in [1.165, 1.54) is 0 Å². The van der Waals surface area contributed by atoms with E-state index in [0.717, 1.165) is 11.3 Å². The molecule has 176 valence electrons. The summed E-state index contributed by atoms with van der Waals surface area (Å²) >= 11 is 0. The van der Waals surface area contributed by atoms with Crippen LogP contribution in [0, 0.1) is 5.92 Å². The molecule has 3 atom stereocenters. The van der Waals surface area contributed by atoms with E-state index in [1.807, 2.05) is 26.1 Å². The van der Waals surface area contributed by atoms with Crippen molar-refractivity contribution in [3.63, 3.8) is 0 Å². The Morgan fingerprint density at radius 1 is 1.38 bits per heavy atom. The van der Waals surface area contributed by atoms with Crippen molar-refractivity contribution in [1.82, 2.24) is 24.8 Å². The highest BCUT2D eigenvalue weighted by Gasteiger charge is 2.28. The second kappa shape index (κ2) is 11.4. The van der Waals surface area contributed by atoms with Gasteiger partial charge < -0.3 is 19.8 Å². The molecule has 2 heterocycles. The number of aromatic hydroxyl groups is 1. The molecule has 0 fully saturated rings. The maximum Gasteiger partial charge on any atom is 0.222 e. The Kier molecular flexibility index (Phi) is 8.60. The average molecular weight is 446 g/mol. The van der Waals surface area contributed by atoms with E-state index in [0.29, 0.717) is 45.6 Å². The number of phenols is 1. The lowest BCUT2D eigenvalue weighted by molar-refractivity contribution is -0.136. The molecule has 0 unspecified atom stereocenters. The summed E-state index contributed by atoms with van der Waals surface area (Å²) in [6.45, 7) is 6.70. The van der Waals surface area contributed by atoms with Crippen LogP contribution in [0.1, 0.15) is 37.9 Å². The average Bonchev–Trinajstić information content (AvgIpc) is 3.20. The number of hydrogen-bond donors (Lipinski definition) is 2. The number of carbonyl (C=O) groups is 1. The molecule has 32 heavy (non-hydrogen) atoms. The summed E-state index contributed by atoms with van der Waals surface area (Å²) in [4.78, 5) is 16.9. The van der Waals surface area contributed by atoms with Gasteiger partial charge in [0.25, 0.3) is 0 Å². The molecule has 1 aromatic carbocycles. The first-order valence-corrected chi connectivity index (χ1v) is 11.2. The first-order valence-electron chi connectivity index (χ1n) is 11.2. The number of benzene rings is 1. The van der Waals surface area contributed by atoms with E-state index >= 15 is 0 Å². The summed E-state index contributed by atoms with van der Waals surface area (Å²) in [6.07, 6.45) is 2.63. The minimum absolute atomic E-state index is 0.0347. The third-order valence-electron chi connectivity index (χ3n) is 5.99. The number of likely N-dealkylation sites (N-methyl/N-ethyl adjacent to an activating group) is 1. The van der Waals surface area contributed by atoms with Gasteiger partial charge in [-0.1, -0.05) is 24.3 Å². The molecule has 3 rings (SSSR count). The SMILES string of the molecule is C[C@@H]1CN([C@@H](C)CO)C(=O)CCCn2nncc2CO[C@H]1CN(C)Cc1cccc(O)c1. The van der Waals surface area contributed by atoms with Gasteiger partial charge in [0.05, 0.1) is 37.3 Å². The summed E-state index contributed by atoms with van der Waals surface area (Å²) in [5.41, 5.74) is 1.91. The van der Waals surface area contributed by atoms with Crippen LogP contribution in [0.4, 0.5) is 0 Å². The van der Waals surface area contributed by atoms with E-state index in [1.54, 1.807) is 27.9 Å². The molecular formula is C23H35N5O4. The van der Waals surface area contributed by atoms with Crippen molar-refractivity contribution in [3.8, 4) is 5.75 Å². The number of aromatic nitrogens is 3. The molecule has 1 amide bonds. The van der Waals surface area contributed by atoms with Gasteiger partial charge in [-0.3, -0.25) is 9.69 Å². The number of aliphatic hydroxyl groups is 1. The van der Waals surface area contributed by atoms with Crippen molar-refractivity contribution in [1.29, 1.82) is 0 Å². The van der Waals surface area contributed by atoms with Gasteiger partial charge in [-0.2, -0.15) is 0 Å². The Morgan fingerprint density at radius 2 is 2.19 bits per heavy atom.